The molecule has 0 saturated heterocycles. The SMILES string of the molecule is Cc1ncc(C(=O)N[C@@H](C)C(=O)N2Cc3ccccc3C2)c(C2CC2)n1. The van der Waals surface area contributed by atoms with Gasteiger partial charge < -0.3 is 10.2 Å². The quantitative estimate of drug-likeness (QED) is 0.918. The molecule has 134 valence electrons. The molecule has 26 heavy (non-hydrogen) atoms. The standard InChI is InChI=1S/C20H22N4O2/c1-12(20(26)24-10-15-5-3-4-6-16(15)11-24)22-19(25)17-9-21-13(2)23-18(17)14-7-8-14/h3-6,9,12,14H,7-8,10-11H2,1-2H3,(H,22,25)/t12-/m0/s1. The molecule has 4 rings (SSSR count). The first-order valence-electron chi connectivity index (χ1n) is 9.03. The molecule has 6 heteroatoms. The van der Waals surface area contributed by atoms with Gasteiger partial charge in [-0.05, 0) is 37.8 Å². The fourth-order valence-electron chi connectivity index (χ4n) is 3.43. The molecule has 1 aliphatic heterocycles. The lowest BCUT2D eigenvalue weighted by molar-refractivity contribution is -0.133. The molecule has 1 aromatic carbocycles. The van der Waals surface area contributed by atoms with E-state index in [2.05, 4.69) is 15.3 Å². The van der Waals surface area contributed by atoms with Crippen molar-refractivity contribution in [1.82, 2.24) is 20.2 Å². The van der Waals surface area contributed by atoms with E-state index in [4.69, 9.17) is 0 Å². The summed E-state index contributed by atoms with van der Waals surface area (Å²) in [6.45, 7) is 4.74. The Kier molecular flexibility index (Phi) is 4.18. The Balaban J connectivity index is 1.44. The maximum absolute atomic E-state index is 12.7. The van der Waals surface area contributed by atoms with Crippen LogP contribution in [-0.2, 0) is 17.9 Å². The lowest BCUT2D eigenvalue weighted by Gasteiger charge is -2.21. The molecule has 1 aromatic heterocycles. The second-order valence-corrected chi connectivity index (χ2v) is 7.15. The van der Waals surface area contributed by atoms with Crippen LogP contribution in [0, 0.1) is 6.92 Å². The van der Waals surface area contributed by atoms with Crippen LogP contribution in [-0.4, -0.2) is 32.7 Å². The normalized spacial score (nSPS) is 16.9. The van der Waals surface area contributed by atoms with Gasteiger partial charge in [0, 0.05) is 25.2 Å². The van der Waals surface area contributed by atoms with Crippen molar-refractivity contribution >= 4 is 11.8 Å². The van der Waals surface area contributed by atoms with Crippen molar-refractivity contribution < 1.29 is 9.59 Å². The number of aromatic nitrogens is 2. The van der Waals surface area contributed by atoms with Crippen molar-refractivity contribution in [1.29, 1.82) is 0 Å². The molecule has 0 unspecified atom stereocenters. The summed E-state index contributed by atoms with van der Waals surface area (Å²) in [5.74, 6) is 0.666. The molecular weight excluding hydrogens is 328 g/mol. The van der Waals surface area contributed by atoms with Gasteiger partial charge in [0.2, 0.25) is 5.91 Å². The number of nitrogens with zero attached hydrogens (tertiary/aromatic N) is 3. The average Bonchev–Trinajstić information content (AvgIpc) is 3.39. The molecule has 1 N–H and O–H groups in total. The Bertz CT molecular complexity index is 851. The second-order valence-electron chi connectivity index (χ2n) is 7.15. The number of benzene rings is 1. The Morgan fingerprint density at radius 2 is 1.85 bits per heavy atom. The van der Waals surface area contributed by atoms with Gasteiger partial charge in [0.05, 0.1) is 11.3 Å². The summed E-state index contributed by atoms with van der Waals surface area (Å²) >= 11 is 0. The number of hydrogen-bond donors (Lipinski definition) is 1. The summed E-state index contributed by atoms with van der Waals surface area (Å²) in [5.41, 5.74) is 3.63. The third-order valence-electron chi connectivity index (χ3n) is 5.02. The van der Waals surface area contributed by atoms with Crippen LogP contribution in [0.4, 0.5) is 0 Å². The third kappa shape index (κ3) is 3.19. The highest BCUT2D eigenvalue weighted by atomic mass is 16.2. The van der Waals surface area contributed by atoms with Crippen LogP contribution >= 0.6 is 0 Å². The lowest BCUT2D eigenvalue weighted by atomic mass is 10.1. The fraction of sp³-hybridized carbons (Fsp3) is 0.400. The average molecular weight is 350 g/mol. The van der Waals surface area contributed by atoms with Gasteiger partial charge in [0.25, 0.3) is 5.91 Å². The van der Waals surface area contributed by atoms with Crippen LogP contribution in [0.5, 0.6) is 0 Å². The maximum Gasteiger partial charge on any atom is 0.255 e. The number of rotatable bonds is 4. The summed E-state index contributed by atoms with van der Waals surface area (Å²) in [7, 11) is 0. The molecule has 2 aliphatic rings. The number of aryl methyl sites for hydroxylation is 1. The molecule has 1 fully saturated rings. The molecule has 1 aliphatic carbocycles. The largest absolute Gasteiger partial charge is 0.340 e. The molecular formula is C20H22N4O2. The van der Waals surface area contributed by atoms with Gasteiger partial charge in [-0.2, -0.15) is 0 Å². The Hall–Kier alpha value is -2.76. The smallest absolute Gasteiger partial charge is 0.255 e. The summed E-state index contributed by atoms with van der Waals surface area (Å²) in [4.78, 5) is 35.8. The topological polar surface area (TPSA) is 75.2 Å². The van der Waals surface area contributed by atoms with Gasteiger partial charge in [-0.25, -0.2) is 9.97 Å². The minimum atomic E-state index is -0.592. The number of carbonyl (C=O) groups excluding carboxylic acids is 2. The van der Waals surface area contributed by atoms with Crippen molar-refractivity contribution in [2.24, 2.45) is 0 Å². The van der Waals surface area contributed by atoms with E-state index >= 15 is 0 Å². The zero-order chi connectivity index (χ0) is 18.3. The summed E-state index contributed by atoms with van der Waals surface area (Å²) in [5, 5.41) is 2.83. The van der Waals surface area contributed by atoms with Crippen LogP contribution in [0.2, 0.25) is 0 Å². The number of amides is 2. The van der Waals surface area contributed by atoms with Gasteiger partial charge in [-0.15, -0.1) is 0 Å². The molecule has 6 nitrogen and oxygen atoms in total. The van der Waals surface area contributed by atoms with E-state index < -0.39 is 6.04 Å². The number of fused-ring (bicyclic) bond motifs is 1. The van der Waals surface area contributed by atoms with Crippen molar-refractivity contribution in [3.05, 3.63) is 58.7 Å². The number of carbonyl (C=O) groups is 2. The highest BCUT2D eigenvalue weighted by Crippen LogP contribution is 2.40. The molecule has 0 radical (unpaired) electrons. The van der Waals surface area contributed by atoms with Crippen LogP contribution in [0.25, 0.3) is 0 Å². The molecule has 2 amide bonds. The maximum atomic E-state index is 12.7. The van der Waals surface area contributed by atoms with Gasteiger partial charge in [0.1, 0.15) is 11.9 Å². The molecule has 0 bridgehead atoms. The van der Waals surface area contributed by atoms with E-state index in [0.717, 1.165) is 18.5 Å². The number of hydrogen-bond acceptors (Lipinski definition) is 4. The highest BCUT2D eigenvalue weighted by molar-refractivity contribution is 5.98. The Morgan fingerprint density at radius 3 is 2.46 bits per heavy atom. The van der Waals surface area contributed by atoms with Crippen LogP contribution in [0.1, 0.15) is 58.7 Å². The number of nitrogens with one attached hydrogen (secondary N) is 1. The van der Waals surface area contributed by atoms with Gasteiger partial charge in [-0.1, -0.05) is 24.3 Å². The van der Waals surface area contributed by atoms with E-state index in [1.54, 1.807) is 18.0 Å². The summed E-state index contributed by atoms with van der Waals surface area (Å²) < 4.78 is 0. The predicted octanol–water partition coefficient (Wildman–Crippen LogP) is 2.32. The highest BCUT2D eigenvalue weighted by Gasteiger charge is 2.32. The van der Waals surface area contributed by atoms with Crippen molar-refractivity contribution in [2.75, 3.05) is 0 Å². The monoisotopic (exact) mass is 350 g/mol. The Morgan fingerprint density at radius 1 is 1.19 bits per heavy atom. The van der Waals surface area contributed by atoms with Crippen LogP contribution < -0.4 is 5.32 Å². The van der Waals surface area contributed by atoms with Gasteiger partial charge in [-0.3, -0.25) is 9.59 Å². The first-order chi connectivity index (χ1) is 12.5. The van der Waals surface area contributed by atoms with Crippen molar-refractivity contribution in [3.8, 4) is 0 Å². The fourth-order valence-corrected chi connectivity index (χ4v) is 3.43. The van der Waals surface area contributed by atoms with E-state index in [-0.39, 0.29) is 11.8 Å². The van der Waals surface area contributed by atoms with E-state index in [0.29, 0.717) is 30.4 Å². The first kappa shape index (κ1) is 16.7. The third-order valence-corrected chi connectivity index (χ3v) is 5.02. The van der Waals surface area contributed by atoms with Crippen molar-refractivity contribution in [3.63, 3.8) is 0 Å². The minimum Gasteiger partial charge on any atom is -0.340 e. The van der Waals surface area contributed by atoms with Crippen LogP contribution in [0.3, 0.4) is 0 Å². The van der Waals surface area contributed by atoms with E-state index in [9.17, 15) is 9.59 Å². The van der Waals surface area contributed by atoms with Crippen molar-refractivity contribution in [2.45, 2.75) is 51.7 Å². The molecule has 1 saturated carbocycles. The second kappa shape index (κ2) is 6.52. The summed E-state index contributed by atoms with van der Waals surface area (Å²) in [6.07, 6.45) is 3.68. The van der Waals surface area contributed by atoms with E-state index in [1.165, 1.54) is 11.1 Å². The predicted molar refractivity (Wildman–Crippen MR) is 96.4 cm³/mol. The van der Waals surface area contributed by atoms with Crippen LogP contribution in [0.15, 0.2) is 30.5 Å². The van der Waals surface area contributed by atoms with Gasteiger partial charge in [0.15, 0.2) is 0 Å². The zero-order valence-electron chi connectivity index (χ0n) is 15.0. The van der Waals surface area contributed by atoms with Gasteiger partial charge >= 0.3 is 0 Å². The lowest BCUT2D eigenvalue weighted by Crippen LogP contribution is -2.45. The summed E-state index contributed by atoms with van der Waals surface area (Å²) in [6, 6.07) is 7.45. The minimum absolute atomic E-state index is 0.0736. The molecule has 0 spiro atoms. The first-order valence-corrected chi connectivity index (χ1v) is 9.03. The van der Waals surface area contributed by atoms with E-state index in [1.807, 2.05) is 31.2 Å². The zero-order valence-corrected chi connectivity index (χ0v) is 15.0. The molecule has 2 heterocycles. The molecule has 2 aromatic rings. The molecule has 1 atom stereocenters. The Labute approximate surface area is 152 Å².